The number of anilines is 1. The summed E-state index contributed by atoms with van der Waals surface area (Å²) in [5.41, 5.74) is 3.49. The highest BCUT2D eigenvalue weighted by atomic mass is 32.1. The highest BCUT2D eigenvalue weighted by molar-refractivity contribution is 7.80. The Kier molecular flexibility index (Phi) is 5.69. The molecule has 33 heavy (non-hydrogen) atoms. The van der Waals surface area contributed by atoms with Gasteiger partial charge >= 0.3 is 0 Å². The number of carboxylic acids is 1. The number of hydrogen-bond donors (Lipinski definition) is 0. The number of para-hydroxylation sites is 1. The Hall–Kier alpha value is -4.04. The van der Waals surface area contributed by atoms with Gasteiger partial charge in [-0.25, -0.2) is 0 Å². The number of carbonyl (C=O) groups is 3. The number of rotatable bonds is 4. The average Bonchev–Trinajstić information content (AvgIpc) is 3.09. The topological polar surface area (TPSA) is 85.7 Å². The number of aryl methyl sites for hydroxylation is 1. The standard InChI is InChI=1S/C25H21N3O4S/c1-15-12-18(16(2)27(15)20-11-7-8-17(13-20)24(31)32)14-21-22(29)26(3)25(33)28(23(21)30)19-9-5-4-6-10-19/h4-14H,1-3H3,(H,31,32)/p-1/b21-14+. The SMILES string of the molecule is Cc1cc(/C=C2\C(=O)N(C)C(=S)N(c3ccccc3)C2=O)c(C)n1-c1cccc(C(=O)[O-])c1. The number of benzene rings is 2. The fourth-order valence-corrected chi connectivity index (χ4v) is 4.17. The fraction of sp³-hybridized carbons (Fsp3) is 0.120. The van der Waals surface area contributed by atoms with Crippen molar-refractivity contribution in [3.8, 4) is 5.69 Å². The summed E-state index contributed by atoms with van der Waals surface area (Å²) < 4.78 is 1.86. The van der Waals surface area contributed by atoms with E-state index in [-0.39, 0.29) is 16.2 Å². The van der Waals surface area contributed by atoms with E-state index < -0.39 is 17.8 Å². The van der Waals surface area contributed by atoms with E-state index in [0.29, 0.717) is 16.9 Å². The van der Waals surface area contributed by atoms with Crippen LogP contribution >= 0.6 is 12.2 Å². The smallest absolute Gasteiger partial charge is 0.270 e. The maximum absolute atomic E-state index is 13.3. The molecule has 0 radical (unpaired) electrons. The zero-order valence-electron chi connectivity index (χ0n) is 18.2. The minimum absolute atomic E-state index is 0.0151. The van der Waals surface area contributed by atoms with Crippen molar-refractivity contribution in [3.63, 3.8) is 0 Å². The predicted octanol–water partition coefficient (Wildman–Crippen LogP) is 2.63. The van der Waals surface area contributed by atoms with E-state index in [4.69, 9.17) is 12.2 Å². The summed E-state index contributed by atoms with van der Waals surface area (Å²) in [6.45, 7) is 3.70. The van der Waals surface area contributed by atoms with E-state index in [2.05, 4.69) is 0 Å². The number of nitrogens with zero attached hydrogens (tertiary/aromatic N) is 3. The third-order valence-corrected chi connectivity index (χ3v) is 6.03. The van der Waals surface area contributed by atoms with E-state index in [1.54, 1.807) is 42.5 Å². The molecule has 1 aliphatic rings. The normalized spacial score (nSPS) is 15.5. The largest absolute Gasteiger partial charge is 0.545 e. The van der Waals surface area contributed by atoms with E-state index in [1.165, 1.54) is 29.0 Å². The van der Waals surface area contributed by atoms with Gasteiger partial charge in [-0.3, -0.25) is 19.4 Å². The Bertz CT molecular complexity index is 1340. The van der Waals surface area contributed by atoms with Crippen LogP contribution in [-0.4, -0.2) is 39.4 Å². The molecule has 2 amide bonds. The first kappa shape index (κ1) is 22.2. The Morgan fingerprint density at radius 1 is 0.939 bits per heavy atom. The van der Waals surface area contributed by atoms with Crippen molar-refractivity contribution < 1.29 is 19.5 Å². The minimum atomic E-state index is -1.26. The molecular weight excluding hydrogens is 438 g/mol. The summed E-state index contributed by atoms with van der Waals surface area (Å²) in [6, 6.07) is 17.2. The van der Waals surface area contributed by atoms with Crippen LogP contribution in [0.2, 0.25) is 0 Å². The lowest BCUT2D eigenvalue weighted by molar-refractivity contribution is -0.255. The molecule has 7 nitrogen and oxygen atoms in total. The summed E-state index contributed by atoms with van der Waals surface area (Å²) >= 11 is 5.38. The Balaban J connectivity index is 1.80. The second-order valence-corrected chi connectivity index (χ2v) is 8.05. The second kappa shape index (κ2) is 8.48. The van der Waals surface area contributed by atoms with Gasteiger partial charge in [0.15, 0.2) is 5.11 Å². The van der Waals surface area contributed by atoms with Crippen LogP contribution in [0.1, 0.15) is 27.3 Å². The number of carbonyl (C=O) groups excluding carboxylic acids is 3. The van der Waals surface area contributed by atoms with Crippen LogP contribution in [0.3, 0.4) is 0 Å². The van der Waals surface area contributed by atoms with Crippen LogP contribution < -0.4 is 10.0 Å². The number of carboxylic acid groups (broad SMARTS) is 1. The number of hydrogen-bond acceptors (Lipinski definition) is 5. The van der Waals surface area contributed by atoms with E-state index in [0.717, 1.165) is 11.4 Å². The van der Waals surface area contributed by atoms with Gasteiger partial charge in [-0.2, -0.15) is 0 Å². The summed E-state index contributed by atoms with van der Waals surface area (Å²) in [5.74, 6) is -2.25. The molecular formula is C25H20N3O4S-. The van der Waals surface area contributed by atoms with Gasteiger partial charge in [0.25, 0.3) is 11.8 Å². The Labute approximate surface area is 196 Å². The van der Waals surface area contributed by atoms with Crippen molar-refractivity contribution in [2.45, 2.75) is 13.8 Å². The van der Waals surface area contributed by atoms with Crippen molar-refractivity contribution in [1.29, 1.82) is 0 Å². The Morgan fingerprint density at radius 2 is 1.61 bits per heavy atom. The fourth-order valence-electron chi connectivity index (χ4n) is 3.90. The van der Waals surface area contributed by atoms with Crippen molar-refractivity contribution in [1.82, 2.24) is 9.47 Å². The van der Waals surface area contributed by atoms with Gasteiger partial charge in [0.05, 0.1) is 11.7 Å². The van der Waals surface area contributed by atoms with Crippen LogP contribution in [0.5, 0.6) is 0 Å². The summed E-state index contributed by atoms with van der Waals surface area (Å²) in [4.78, 5) is 40.2. The van der Waals surface area contributed by atoms with Crippen LogP contribution in [0.15, 0.2) is 66.2 Å². The molecule has 2 heterocycles. The van der Waals surface area contributed by atoms with Gasteiger partial charge in [-0.05, 0) is 73.6 Å². The highest BCUT2D eigenvalue weighted by Crippen LogP contribution is 2.28. The first-order chi connectivity index (χ1) is 15.7. The lowest BCUT2D eigenvalue weighted by Gasteiger charge is -2.34. The number of thiocarbonyl (C=S) groups is 1. The molecule has 0 aliphatic carbocycles. The van der Waals surface area contributed by atoms with Gasteiger partial charge in [0.2, 0.25) is 0 Å². The third-order valence-electron chi connectivity index (χ3n) is 5.57. The molecule has 2 aromatic carbocycles. The zero-order chi connectivity index (χ0) is 23.9. The minimum Gasteiger partial charge on any atom is -0.545 e. The molecule has 4 rings (SSSR count). The summed E-state index contributed by atoms with van der Waals surface area (Å²) in [6.07, 6.45) is 1.56. The van der Waals surface area contributed by atoms with E-state index in [9.17, 15) is 19.5 Å². The molecule has 3 aromatic rings. The van der Waals surface area contributed by atoms with Crippen molar-refractivity contribution in [2.75, 3.05) is 11.9 Å². The van der Waals surface area contributed by atoms with Gasteiger partial charge in [-0.15, -0.1) is 0 Å². The van der Waals surface area contributed by atoms with Gasteiger partial charge < -0.3 is 14.5 Å². The van der Waals surface area contributed by atoms with Crippen molar-refractivity contribution in [3.05, 3.63) is 88.8 Å². The molecule has 166 valence electrons. The molecule has 1 saturated heterocycles. The predicted molar refractivity (Wildman–Crippen MR) is 127 cm³/mol. The lowest BCUT2D eigenvalue weighted by Crippen LogP contribution is -2.54. The van der Waals surface area contributed by atoms with Crippen LogP contribution in [0, 0.1) is 13.8 Å². The second-order valence-electron chi connectivity index (χ2n) is 7.68. The molecule has 1 fully saturated rings. The van der Waals surface area contributed by atoms with Gasteiger partial charge in [-0.1, -0.05) is 30.3 Å². The molecule has 0 spiro atoms. The lowest BCUT2D eigenvalue weighted by atomic mass is 10.1. The highest BCUT2D eigenvalue weighted by Gasteiger charge is 2.38. The molecule has 1 aromatic heterocycles. The number of aromatic carboxylic acids is 1. The van der Waals surface area contributed by atoms with Crippen LogP contribution in [0.25, 0.3) is 11.8 Å². The molecule has 0 saturated carbocycles. The first-order valence-electron chi connectivity index (χ1n) is 10.1. The zero-order valence-corrected chi connectivity index (χ0v) is 19.1. The van der Waals surface area contributed by atoms with Crippen LogP contribution in [-0.2, 0) is 9.59 Å². The van der Waals surface area contributed by atoms with E-state index in [1.807, 2.05) is 30.5 Å². The summed E-state index contributed by atoms with van der Waals surface area (Å²) in [7, 11) is 1.54. The maximum atomic E-state index is 13.3. The van der Waals surface area contributed by atoms with E-state index >= 15 is 0 Å². The molecule has 8 heteroatoms. The molecule has 0 N–H and O–H groups in total. The number of amides is 2. The molecule has 0 bridgehead atoms. The molecule has 0 unspecified atom stereocenters. The quantitative estimate of drug-likeness (QED) is 0.341. The molecule has 0 atom stereocenters. The first-order valence-corrected chi connectivity index (χ1v) is 10.6. The van der Waals surface area contributed by atoms with Crippen LogP contribution in [0.4, 0.5) is 5.69 Å². The maximum Gasteiger partial charge on any atom is 0.270 e. The average molecular weight is 459 g/mol. The monoisotopic (exact) mass is 458 g/mol. The number of aromatic nitrogens is 1. The van der Waals surface area contributed by atoms with Crippen molar-refractivity contribution >= 4 is 46.9 Å². The summed E-state index contributed by atoms with van der Waals surface area (Å²) in [5, 5.41) is 11.4. The Morgan fingerprint density at radius 3 is 2.27 bits per heavy atom. The number of likely N-dealkylation sites (N-methyl/N-ethyl adjacent to an activating group) is 1. The van der Waals surface area contributed by atoms with Crippen molar-refractivity contribution in [2.24, 2.45) is 0 Å². The molecule has 1 aliphatic heterocycles. The van der Waals surface area contributed by atoms with Gasteiger partial charge in [0.1, 0.15) is 5.57 Å². The van der Waals surface area contributed by atoms with Gasteiger partial charge in [0, 0.05) is 24.1 Å². The third kappa shape index (κ3) is 3.85.